The Hall–Kier alpha value is -0.900. The fraction of sp³-hybridized carbons (Fsp3) is 0.625. The summed E-state index contributed by atoms with van der Waals surface area (Å²) in [6.07, 6.45) is 4.04. The number of hydrogen-bond donors (Lipinski definition) is 1. The van der Waals surface area contributed by atoms with Crippen molar-refractivity contribution < 1.29 is 4.74 Å². The van der Waals surface area contributed by atoms with Crippen molar-refractivity contribution in [2.24, 2.45) is 0 Å². The number of rotatable bonds is 3. The van der Waals surface area contributed by atoms with Crippen molar-refractivity contribution in [3.05, 3.63) is 35.4 Å². The average Bonchev–Trinajstić information content (AvgIpc) is 2.46. The summed E-state index contributed by atoms with van der Waals surface area (Å²) in [4.78, 5) is 2.49. The maximum absolute atomic E-state index is 5.70. The second-order valence-corrected chi connectivity index (χ2v) is 5.80. The lowest BCUT2D eigenvalue weighted by molar-refractivity contribution is 0.0774. The van der Waals surface area contributed by atoms with E-state index in [-0.39, 0.29) is 0 Å². The molecule has 2 heterocycles. The van der Waals surface area contributed by atoms with E-state index in [2.05, 4.69) is 41.5 Å². The normalized spacial score (nSPS) is 28.1. The molecule has 0 radical (unpaired) electrons. The quantitative estimate of drug-likeness (QED) is 0.903. The molecule has 3 rings (SSSR count). The lowest BCUT2D eigenvalue weighted by Gasteiger charge is -2.35. The van der Waals surface area contributed by atoms with Crippen LogP contribution in [0.2, 0.25) is 0 Å². The molecule has 19 heavy (non-hydrogen) atoms. The zero-order chi connectivity index (χ0) is 13.1. The number of likely N-dealkylation sites (N-methyl/N-ethyl adjacent to an activating group) is 1. The summed E-state index contributed by atoms with van der Waals surface area (Å²) in [6, 6.07) is 9.68. The van der Waals surface area contributed by atoms with Crippen LogP contribution in [0.5, 0.6) is 0 Å². The smallest absolute Gasteiger partial charge is 0.0721 e. The highest BCUT2D eigenvalue weighted by Gasteiger charge is 2.23. The molecule has 1 aromatic rings. The van der Waals surface area contributed by atoms with Crippen molar-refractivity contribution in [1.29, 1.82) is 0 Å². The van der Waals surface area contributed by atoms with Crippen molar-refractivity contribution in [3.63, 3.8) is 0 Å². The molecule has 3 nitrogen and oxygen atoms in total. The fourth-order valence-electron chi connectivity index (χ4n) is 3.23. The maximum atomic E-state index is 5.70. The van der Waals surface area contributed by atoms with Gasteiger partial charge in [0, 0.05) is 12.6 Å². The van der Waals surface area contributed by atoms with Crippen LogP contribution in [0.3, 0.4) is 0 Å². The summed E-state index contributed by atoms with van der Waals surface area (Å²) in [7, 11) is 2.25. The van der Waals surface area contributed by atoms with Gasteiger partial charge in [-0.25, -0.2) is 0 Å². The van der Waals surface area contributed by atoms with Crippen LogP contribution in [0.4, 0.5) is 0 Å². The molecule has 2 aliphatic rings. The first-order valence-electron chi connectivity index (χ1n) is 7.44. The van der Waals surface area contributed by atoms with E-state index >= 15 is 0 Å². The Balaban J connectivity index is 1.61. The van der Waals surface area contributed by atoms with Crippen LogP contribution in [0.1, 0.15) is 36.4 Å². The van der Waals surface area contributed by atoms with E-state index in [1.807, 2.05) is 0 Å². The molecule has 3 heteroatoms. The number of likely N-dealkylation sites (tertiary alicyclic amines) is 1. The third-order valence-corrected chi connectivity index (χ3v) is 4.49. The van der Waals surface area contributed by atoms with Crippen LogP contribution in [0.15, 0.2) is 24.3 Å². The molecule has 104 valence electrons. The van der Waals surface area contributed by atoms with Gasteiger partial charge in [0.05, 0.1) is 19.3 Å². The topological polar surface area (TPSA) is 24.5 Å². The number of hydrogen-bond acceptors (Lipinski definition) is 3. The van der Waals surface area contributed by atoms with Gasteiger partial charge < -0.3 is 15.0 Å². The summed E-state index contributed by atoms with van der Waals surface area (Å²) < 4.78 is 5.70. The maximum Gasteiger partial charge on any atom is 0.0721 e. The molecule has 2 aliphatic heterocycles. The first-order valence-corrected chi connectivity index (χ1v) is 7.44. The minimum absolute atomic E-state index is 0.361. The zero-order valence-corrected chi connectivity index (χ0v) is 11.8. The Labute approximate surface area is 115 Å². The highest BCUT2D eigenvalue weighted by molar-refractivity contribution is 5.31. The van der Waals surface area contributed by atoms with Gasteiger partial charge in [0.2, 0.25) is 0 Å². The van der Waals surface area contributed by atoms with E-state index in [0.717, 1.165) is 19.8 Å². The molecule has 1 fully saturated rings. The molecule has 2 unspecified atom stereocenters. The molecule has 0 amide bonds. The molecule has 1 saturated heterocycles. The monoisotopic (exact) mass is 260 g/mol. The SMILES string of the molecule is CN1CCCCC1CNC1COCc2ccccc21. The Morgan fingerprint density at radius 3 is 3.11 bits per heavy atom. The predicted octanol–water partition coefficient (Wildman–Crippen LogP) is 2.33. The Bertz CT molecular complexity index is 421. The van der Waals surface area contributed by atoms with Crippen molar-refractivity contribution >= 4 is 0 Å². The van der Waals surface area contributed by atoms with Crippen LogP contribution in [-0.2, 0) is 11.3 Å². The third kappa shape index (κ3) is 2.99. The highest BCUT2D eigenvalue weighted by Crippen LogP contribution is 2.25. The van der Waals surface area contributed by atoms with Gasteiger partial charge in [-0.1, -0.05) is 30.7 Å². The van der Waals surface area contributed by atoms with Gasteiger partial charge in [-0.2, -0.15) is 0 Å². The Kier molecular flexibility index (Phi) is 4.16. The molecule has 0 bridgehead atoms. The first-order chi connectivity index (χ1) is 9.34. The molecule has 0 aliphatic carbocycles. The second-order valence-electron chi connectivity index (χ2n) is 5.80. The van der Waals surface area contributed by atoms with Crippen molar-refractivity contribution in [2.45, 2.75) is 38.0 Å². The van der Waals surface area contributed by atoms with Gasteiger partial charge in [-0.15, -0.1) is 0 Å². The summed E-state index contributed by atoms with van der Waals surface area (Å²) in [5, 5.41) is 3.71. The van der Waals surface area contributed by atoms with Crippen LogP contribution in [0, 0.1) is 0 Å². The summed E-state index contributed by atoms with van der Waals surface area (Å²) in [5.74, 6) is 0. The van der Waals surface area contributed by atoms with Crippen LogP contribution < -0.4 is 5.32 Å². The molecule has 0 saturated carbocycles. The van der Waals surface area contributed by atoms with E-state index in [4.69, 9.17) is 4.74 Å². The van der Waals surface area contributed by atoms with E-state index in [9.17, 15) is 0 Å². The number of benzene rings is 1. The van der Waals surface area contributed by atoms with E-state index in [0.29, 0.717) is 12.1 Å². The molecule has 0 spiro atoms. The van der Waals surface area contributed by atoms with Crippen molar-refractivity contribution in [1.82, 2.24) is 10.2 Å². The van der Waals surface area contributed by atoms with Gasteiger partial charge in [0.1, 0.15) is 0 Å². The Morgan fingerprint density at radius 2 is 2.21 bits per heavy atom. The van der Waals surface area contributed by atoms with Crippen LogP contribution in [-0.4, -0.2) is 37.7 Å². The van der Waals surface area contributed by atoms with Crippen molar-refractivity contribution in [3.8, 4) is 0 Å². The van der Waals surface area contributed by atoms with Gasteiger partial charge in [-0.3, -0.25) is 0 Å². The number of fused-ring (bicyclic) bond motifs is 1. The molecule has 0 aromatic heterocycles. The number of nitrogens with one attached hydrogen (secondary N) is 1. The van der Waals surface area contributed by atoms with Gasteiger partial charge >= 0.3 is 0 Å². The largest absolute Gasteiger partial charge is 0.375 e. The van der Waals surface area contributed by atoms with E-state index in [1.165, 1.54) is 36.9 Å². The average molecular weight is 260 g/mol. The van der Waals surface area contributed by atoms with E-state index in [1.54, 1.807) is 0 Å². The molecule has 1 aromatic carbocycles. The van der Waals surface area contributed by atoms with Gasteiger partial charge in [-0.05, 0) is 37.6 Å². The minimum atomic E-state index is 0.361. The zero-order valence-electron chi connectivity index (χ0n) is 11.8. The fourth-order valence-corrected chi connectivity index (χ4v) is 3.23. The predicted molar refractivity (Wildman–Crippen MR) is 77.1 cm³/mol. The molecule has 2 atom stereocenters. The second kappa shape index (κ2) is 6.04. The molecular formula is C16H24N2O. The van der Waals surface area contributed by atoms with Crippen LogP contribution in [0.25, 0.3) is 0 Å². The third-order valence-electron chi connectivity index (χ3n) is 4.49. The highest BCUT2D eigenvalue weighted by atomic mass is 16.5. The minimum Gasteiger partial charge on any atom is -0.375 e. The number of nitrogens with zero attached hydrogens (tertiary/aromatic N) is 1. The lowest BCUT2D eigenvalue weighted by Crippen LogP contribution is -2.45. The Morgan fingerprint density at radius 1 is 1.32 bits per heavy atom. The van der Waals surface area contributed by atoms with Crippen LogP contribution >= 0.6 is 0 Å². The van der Waals surface area contributed by atoms with E-state index < -0.39 is 0 Å². The number of piperidine rings is 1. The van der Waals surface area contributed by atoms with Crippen molar-refractivity contribution in [2.75, 3.05) is 26.7 Å². The molecule has 1 N–H and O–H groups in total. The standard InChI is InChI=1S/C16H24N2O/c1-18-9-5-4-7-14(18)10-17-16-12-19-11-13-6-2-3-8-15(13)16/h2-3,6,8,14,16-17H,4-5,7,9-12H2,1H3. The summed E-state index contributed by atoms with van der Waals surface area (Å²) in [6.45, 7) is 3.87. The number of ether oxygens (including phenoxy) is 1. The summed E-state index contributed by atoms with van der Waals surface area (Å²) in [5.41, 5.74) is 2.76. The lowest BCUT2D eigenvalue weighted by atomic mass is 9.98. The van der Waals surface area contributed by atoms with Gasteiger partial charge in [0.25, 0.3) is 0 Å². The summed E-state index contributed by atoms with van der Waals surface area (Å²) >= 11 is 0. The first kappa shape index (κ1) is 13.1. The van der Waals surface area contributed by atoms with Gasteiger partial charge in [0.15, 0.2) is 0 Å². The molecular weight excluding hydrogens is 236 g/mol.